The summed E-state index contributed by atoms with van der Waals surface area (Å²) in [5, 5.41) is 2.96. The molecule has 0 saturated carbocycles. The van der Waals surface area contributed by atoms with Crippen molar-refractivity contribution < 1.29 is 8.78 Å². The summed E-state index contributed by atoms with van der Waals surface area (Å²) in [6.45, 7) is 4.06. The van der Waals surface area contributed by atoms with Gasteiger partial charge in [0.05, 0.1) is 0 Å². The third-order valence-electron chi connectivity index (χ3n) is 2.22. The van der Waals surface area contributed by atoms with Gasteiger partial charge in [-0.25, -0.2) is 8.78 Å². The van der Waals surface area contributed by atoms with Crippen LogP contribution in [0.1, 0.15) is 13.8 Å². The molecule has 1 N–H and O–H groups in total. The Hall–Kier alpha value is -0.180. The summed E-state index contributed by atoms with van der Waals surface area (Å²) in [5.74, 6) is -3.50. The van der Waals surface area contributed by atoms with Crippen molar-refractivity contribution in [1.82, 2.24) is 5.32 Å². The Morgan fingerprint density at radius 3 is 1.90 bits per heavy atom. The van der Waals surface area contributed by atoms with Gasteiger partial charge < -0.3 is 5.32 Å². The normalized spacial score (nSPS) is 39.6. The van der Waals surface area contributed by atoms with Crippen LogP contribution < -0.4 is 5.32 Å². The van der Waals surface area contributed by atoms with Gasteiger partial charge in [-0.1, -0.05) is 13.8 Å². The van der Waals surface area contributed by atoms with E-state index in [4.69, 9.17) is 0 Å². The highest BCUT2D eigenvalue weighted by atomic mass is 19.3. The summed E-state index contributed by atoms with van der Waals surface area (Å²) < 4.78 is 25.9. The van der Waals surface area contributed by atoms with Crippen LogP contribution in [0.25, 0.3) is 0 Å². The zero-order valence-corrected chi connectivity index (χ0v) is 6.32. The lowest BCUT2D eigenvalue weighted by Gasteiger charge is -2.34. The number of hydrogen-bond donors (Lipinski definition) is 1. The molecule has 1 fully saturated rings. The van der Waals surface area contributed by atoms with Crippen molar-refractivity contribution in [1.29, 1.82) is 0 Å². The predicted molar refractivity (Wildman–Crippen MR) is 36.1 cm³/mol. The Morgan fingerprint density at radius 1 is 1.20 bits per heavy atom. The molecule has 0 aromatic heterocycles. The molecule has 60 valence electrons. The van der Waals surface area contributed by atoms with E-state index >= 15 is 0 Å². The lowest BCUT2D eigenvalue weighted by atomic mass is 9.89. The third kappa shape index (κ3) is 1.15. The van der Waals surface area contributed by atoms with Crippen molar-refractivity contribution in [3.05, 3.63) is 0 Å². The van der Waals surface area contributed by atoms with Crippen LogP contribution in [0.2, 0.25) is 0 Å². The minimum absolute atomic E-state index is 0.442. The van der Waals surface area contributed by atoms with Gasteiger partial charge in [0.25, 0.3) is 5.92 Å². The summed E-state index contributed by atoms with van der Waals surface area (Å²) in [6, 6.07) is 0. The molecule has 1 saturated heterocycles. The molecule has 0 unspecified atom stereocenters. The van der Waals surface area contributed by atoms with Gasteiger partial charge in [0, 0.05) is 24.9 Å². The van der Waals surface area contributed by atoms with Gasteiger partial charge in [-0.05, 0) is 0 Å². The number of hydrogen-bond acceptors (Lipinski definition) is 1. The Balaban J connectivity index is 2.63. The fourth-order valence-electron chi connectivity index (χ4n) is 1.27. The molecule has 1 rings (SSSR count). The average molecular weight is 149 g/mol. The highest BCUT2D eigenvalue weighted by Gasteiger charge is 2.44. The summed E-state index contributed by atoms with van der Waals surface area (Å²) in [7, 11) is 0. The smallest absolute Gasteiger partial charge is 0.255 e. The molecule has 0 spiro atoms. The minimum Gasteiger partial charge on any atom is -0.316 e. The largest absolute Gasteiger partial charge is 0.316 e. The van der Waals surface area contributed by atoms with E-state index in [1.54, 1.807) is 13.8 Å². The second-order valence-electron chi connectivity index (χ2n) is 3.13. The molecule has 1 aliphatic heterocycles. The van der Waals surface area contributed by atoms with Gasteiger partial charge in [-0.3, -0.25) is 0 Å². The van der Waals surface area contributed by atoms with E-state index in [0.29, 0.717) is 13.1 Å². The second kappa shape index (κ2) is 2.46. The fraction of sp³-hybridized carbons (Fsp3) is 1.00. The topological polar surface area (TPSA) is 12.0 Å². The standard InChI is InChI=1S/C7H13F2N/c1-5-3-10-4-6(2)7(5,8)9/h5-6,10H,3-4H2,1-2H3/t5-,6-/m0/s1. The Morgan fingerprint density at radius 2 is 1.60 bits per heavy atom. The summed E-state index contributed by atoms with van der Waals surface area (Å²) in [5.41, 5.74) is 0. The maximum absolute atomic E-state index is 13.0. The second-order valence-corrected chi connectivity index (χ2v) is 3.13. The fourth-order valence-corrected chi connectivity index (χ4v) is 1.27. The highest BCUT2D eigenvalue weighted by Crippen LogP contribution is 2.34. The van der Waals surface area contributed by atoms with Gasteiger partial charge in [-0.15, -0.1) is 0 Å². The number of alkyl halides is 2. The van der Waals surface area contributed by atoms with E-state index in [0.717, 1.165) is 0 Å². The first-order chi connectivity index (χ1) is 4.55. The molecule has 1 nitrogen and oxygen atoms in total. The Kier molecular flexibility index (Phi) is 1.95. The van der Waals surface area contributed by atoms with Crippen molar-refractivity contribution in [2.45, 2.75) is 19.8 Å². The molecule has 3 heteroatoms. The molecule has 0 aliphatic carbocycles. The van der Waals surface area contributed by atoms with Crippen molar-refractivity contribution in [2.75, 3.05) is 13.1 Å². The number of piperidine rings is 1. The average Bonchev–Trinajstić information content (AvgIpc) is 1.84. The third-order valence-corrected chi connectivity index (χ3v) is 2.22. The van der Waals surface area contributed by atoms with Crippen LogP contribution in [-0.2, 0) is 0 Å². The Labute approximate surface area is 59.8 Å². The van der Waals surface area contributed by atoms with Gasteiger partial charge in [-0.2, -0.15) is 0 Å². The molecule has 0 amide bonds. The maximum atomic E-state index is 13.0. The maximum Gasteiger partial charge on any atom is 0.255 e. The van der Waals surface area contributed by atoms with E-state index < -0.39 is 17.8 Å². The summed E-state index contributed by atoms with van der Waals surface area (Å²) in [6.07, 6.45) is 0. The molecule has 0 radical (unpaired) electrons. The number of halogens is 2. The van der Waals surface area contributed by atoms with E-state index in [-0.39, 0.29) is 0 Å². The summed E-state index contributed by atoms with van der Waals surface area (Å²) >= 11 is 0. The van der Waals surface area contributed by atoms with E-state index in [1.807, 2.05) is 0 Å². The molecular formula is C7H13F2N. The van der Waals surface area contributed by atoms with Crippen LogP contribution >= 0.6 is 0 Å². The van der Waals surface area contributed by atoms with Gasteiger partial charge in [0.15, 0.2) is 0 Å². The van der Waals surface area contributed by atoms with Crippen molar-refractivity contribution in [3.63, 3.8) is 0 Å². The molecule has 2 atom stereocenters. The Bertz CT molecular complexity index is 113. The van der Waals surface area contributed by atoms with Crippen LogP contribution in [-0.4, -0.2) is 19.0 Å². The van der Waals surface area contributed by atoms with Gasteiger partial charge in [0.2, 0.25) is 0 Å². The van der Waals surface area contributed by atoms with Crippen LogP contribution in [0.15, 0.2) is 0 Å². The minimum atomic E-state index is -2.47. The number of rotatable bonds is 0. The van der Waals surface area contributed by atoms with Crippen LogP contribution in [0.5, 0.6) is 0 Å². The van der Waals surface area contributed by atoms with Gasteiger partial charge in [0.1, 0.15) is 0 Å². The summed E-state index contributed by atoms with van der Waals surface area (Å²) in [4.78, 5) is 0. The zero-order chi connectivity index (χ0) is 7.78. The molecule has 1 heterocycles. The van der Waals surface area contributed by atoms with Crippen LogP contribution in [0.4, 0.5) is 8.78 Å². The van der Waals surface area contributed by atoms with E-state index in [9.17, 15) is 8.78 Å². The number of nitrogens with one attached hydrogen (secondary N) is 1. The lowest BCUT2D eigenvalue weighted by molar-refractivity contribution is -0.111. The lowest BCUT2D eigenvalue weighted by Crippen LogP contribution is -2.49. The quantitative estimate of drug-likeness (QED) is 0.550. The predicted octanol–water partition coefficient (Wildman–Crippen LogP) is 1.50. The van der Waals surface area contributed by atoms with E-state index in [1.165, 1.54) is 0 Å². The monoisotopic (exact) mass is 149 g/mol. The zero-order valence-electron chi connectivity index (χ0n) is 6.32. The first-order valence-corrected chi connectivity index (χ1v) is 3.63. The van der Waals surface area contributed by atoms with Crippen molar-refractivity contribution in [2.24, 2.45) is 11.8 Å². The van der Waals surface area contributed by atoms with Crippen LogP contribution in [0, 0.1) is 11.8 Å². The van der Waals surface area contributed by atoms with E-state index in [2.05, 4.69) is 5.32 Å². The molecule has 0 aromatic rings. The molecule has 0 aromatic carbocycles. The van der Waals surface area contributed by atoms with Crippen LogP contribution in [0.3, 0.4) is 0 Å². The first-order valence-electron chi connectivity index (χ1n) is 3.63. The SMILES string of the molecule is C[C@H]1CNC[C@H](C)C1(F)F. The molecule has 10 heavy (non-hydrogen) atoms. The first kappa shape index (κ1) is 7.92. The van der Waals surface area contributed by atoms with Gasteiger partial charge >= 0.3 is 0 Å². The van der Waals surface area contributed by atoms with Crippen molar-refractivity contribution >= 4 is 0 Å². The molecule has 0 bridgehead atoms. The highest BCUT2D eigenvalue weighted by molar-refractivity contribution is 4.86. The van der Waals surface area contributed by atoms with Crippen molar-refractivity contribution in [3.8, 4) is 0 Å². The molecular weight excluding hydrogens is 136 g/mol. The molecule has 1 aliphatic rings.